The van der Waals surface area contributed by atoms with E-state index in [1.165, 1.54) is 12.1 Å². The van der Waals surface area contributed by atoms with Crippen molar-refractivity contribution in [1.29, 1.82) is 0 Å². The lowest BCUT2D eigenvalue weighted by Crippen LogP contribution is -2.87. The highest BCUT2D eigenvalue weighted by atomic mass is 19.1. The zero-order chi connectivity index (χ0) is 17.8. The highest BCUT2D eigenvalue weighted by Gasteiger charge is 2.17. The Hall–Kier alpha value is -2.67. The number of quaternary nitrogens is 1. The number of carbonyl (C=O) groups excluding carboxylic acids is 1. The van der Waals surface area contributed by atoms with Crippen molar-refractivity contribution in [2.75, 3.05) is 13.3 Å². The van der Waals surface area contributed by atoms with Crippen LogP contribution in [0.2, 0.25) is 0 Å². The van der Waals surface area contributed by atoms with Crippen molar-refractivity contribution < 1.29 is 28.4 Å². The smallest absolute Gasteiger partial charge is 0.275 e. The standard InChI is InChI=1S/C18H18F2N2O3/c1-11(14-4-3-13(19)7-15(14)20)21-9-18(23)22-8-12-2-5-16-17(6-12)25-10-24-16/h2-7,11,21H,8-10H2,1H3,(H,22,23)/p+1/t11-/m1/s1. The second-order valence-corrected chi connectivity index (χ2v) is 5.86. The topological polar surface area (TPSA) is 64.2 Å². The van der Waals surface area contributed by atoms with Crippen molar-refractivity contribution in [2.45, 2.75) is 19.5 Å². The van der Waals surface area contributed by atoms with Crippen LogP contribution in [0.15, 0.2) is 36.4 Å². The minimum atomic E-state index is -0.616. The molecule has 7 heteroatoms. The lowest BCUT2D eigenvalue weighted by molar-refractivity contribution is -0.682. The van der Waals surface area contributed by atoms with E-state index >= 15 is 0 Å². The van der Waals surface area contributed by atoms with Crippen LogP contribution in [0.5, 0.6) is 11.5 Å². The Bertz CT molecular complexity index is 783. The zero-order valence-corrected chi connectivity index (χ0v) is 13.7. The van der Waals surface area contributed by atoms with E-state index in [-0.39, 0.29) is 25.3 Å². The maximum Gasteiger partial charge on any atom is 0.275 e. The van der Waals surface area contributed by atoms with Crippen molar-refractivity contribution in [3.8, 4) is 11.5 Å². The van der Waals surface area contributed by atoms with E-state index in [4.69, 9.17) is 9.47 Å². The second-order valence-electron chi connectivity index (χ2n) is 5.86. The summed E-state index contributed by atoms with van der Waals surface area (Å²) in [4.78, 5) is 12.0. The van der Waals surface area contributed by atoms with Crippen LogP contribution in [0.4, 0.5) is 8.78 Å². The van der Waals surface area contributed by atoms with Crippen LogP contribution in [0.1, 0.15) is 24.1 Å². The number of fused-ring (bicyclic) bond motifs is 1. The van der Waals surface area contributed by atoms with Crippen LogP contribution in [-0.2, 0) is 11.3 Å². The van der Waals surface area contributed by atoms with Gasteiger partial charge in [0.15, 0.2) is 18.0 Å². The van der Waals surface area contributed by atoms with Gasteiger partial charge in [-0.05, 0) is 36.8 Å². The Morgan fingerprint density at radius 1 is 1.20 bits per heavy atom. The second kappa shape index (κ2) is 7.48. The molecule has 0 saturated carbocycles. The predicted molar refractivity (Wildman–Crippen MR) is 86.0 cm³/mol. The lowest BCUT2D eigenvalue weighted by atomic mass is 10.1. The van der Waals surface area contributed by atoms with Crippen molar-refractivity contribution in [3.05, 3.63) is 59.2 Å². The van der Waals surface area contributed by atoms with Crippen molar-refractivity contribution in [1.82, 2.24) is 5.32 Å². The molecule has 1 aliphatic rings. The molecule has 0 aromatic heterocycles. The van der Waals surface area contributed by atoms with Gasteiger partial charge < -0.3 is 20.1 Å². The number of nitrogens with two attached hydrogens (primary N) is 1. The maximum atomic E-state index is 13.7. The number of ether oxygens (including phenoxy) is 2. The summed E-state index contributed by atoms with van der Waals surface area (Å²) in [5.74, 6) is -0.0382. The van der Waals surface area contributed by atoms with Crippen molar-refractivity contribution in [3.63, 3.8) is 0 Å². The van der Waals surface area contributed by atoms with E-state index in [0.717, 1.165) is 11.6 Å². The highest BCUT2D eigenvalue weighted by Crippen LogP contribution is 2.32. The van der Waals surface area contributed by atoms with Gasteiger partial charge in [0.2, 0.25) is 6.79 Å². The third-order valence-electron chi connectivity index (χ3n) is 4.04. The maximum absolute atomic E-state index is 13.7. The summed E-state index contributed by atoms with van der Waals surface area (Å²) in [5, 5.41) is 4.50. The van der Waals surface area contributed by atoms with E-state index in [9.17, 15) is 13.6 Å². The number of carbonyl (C=O) groups is 1. The SMILES string of the molecule is C[C@@H]([NH2+]CC(=O)NCc1ccc2c(c1)OCO2)c1ccc(F)cc1F. The quantitative estimate of drug-likeness (QED) is 0.833. The molecule has 1 atom stereocenters. The Morgan fingerprint density at radius 2 is 2.00 bits per heavy atom. The number of benzene rings is 2. The van der Waals surface area contributed by atoms with Gasteiger partial charge in [0.05, 0.1) is 0 Å². The van der Waals surface area contributed by atoms with Crippen LogP contribution < -0.4 is 20.1 Å². The van der Waals surface area contributed by atoms with E-state index in [1.807, 2.05) is 12.1 Å². The fraction of sp³-hybridized carbons (Fsp3) is 0.278. The van der Waals surface area contributed by atoms with Gasteiger partial charge in [0.25, 0.3) is 5.91 Å². The van der Waals surface area contributed by atoms with E-state index in [0.29, 0.717) is 23.6 Å². The normalized spacial score (nSPS) is 13.6. The van der Waals surface area contributed by atoms with Gasteiger partial charge in [0.1, 0.15) is 17.7 Å². The molecule has 2 aromatic rings. The molecule has 5 nitrogen and oxygen atoms in total. The molecule has 1 aliphatic heterocycles. The summed E-state index contributed by atoms with van der Waals surface area (Å²) in [6.45, 7) is 2.48. The molecule has 0 aliphatic carbocycles. The molecule has 0 fully saturated rings. The van der Waals surface area contributed by atoms with E-state index in [2.05, 4.69) is 5.32 Å². The van der Waals surface area contributed by atoms with Gasteiger partial charge in [0, 0.05) is 18.2 Å². The summed E-state index contributed by atoms with van der Waals surface area (Å²) in [7, 11) is 0. The van der Waals surface area contributed by atoms with Crippen molar-refractivity contribution >= 4 is 5.91 Å². The van der Waals surface area contributed by atoms with Crippen LogP contribution in [0, 0.1) is 11.6 Å². The van der Waals surface area contributed by atoms with Gasteiger partial charge in [-0.15, -0.1) is 0 Å². The minimum Gasteiger partial charge on any atom is -0.454 e. The monoisotopic (exact) mass is 349 g/mol. The Labute approximate surface area is 143 Å². The molecule has 3 rings (SSSR count). The van der Waals surface area contributed by atoms with Crippen LogP contribution >= 0.6 is 0 Å². The molecule has 0 spiro atoms. The summed E-state index contributed by atoms with van der Waals surface area (Å²) < 4.78 is 37.2. The molecule has 0 bridgehead atoms. The van der Waals surface area contributed by atoms with Crippen molar-refractivity contribution in [2.24, 2.45) is 0 Å². The summed E-state index contributed by atoms with van der Waals surface area (Å²) in [5.41, 5.74) is 1.26. The summed E-state index contributed by atoms with van der Waals surface area (Å²) >= 11 is 0. The fourth-order valence-corrected chi connectivity index (χ4v) is 2.61. The molecule has 2 aromatic carbocycles. The number of hydrogen-bond donors (Lipinski definition) is 2. The number of nitrogens with one attached hydrogen (secondary N) is 1. The first-order valence-electron chi connectivity index (χ1n) is 7.96. The van der Waals surface area contributed by atoms with Crippen LogP contribution in [-0.4, -0.2) is 19.2 Å². The number of rotatable bonds is 6. The van der Waals surface area contributed by atoms with Gasteiger partial charge in [-0.25, -0.2) is 8.78 Å². The molecule has 3 N–H and O–H groups in total. The molecular formula is C18H19F2N2O3+. The van der Waals surface area contributed by atoms with Crippen LogP contribution in [0.3, 0.4) is 0 Å². The predicted octanol–water partition coefficient (Wildman–Crippen LogP) is 1.63. The molecule has 1 heterocycles. The van der Waals surface area contributed by atoms with Gasteiger partial charge in [-0.2, -0.15) is 0 Å². The van der Waals surface area contributed by atoms with Gasteiger partial charge >= 0.3 is 0 Å². The molecule has 25 heavy (non-hydrogen) atoms. The number of hydrogen-bond acceptors (Lipinski definition) is 3. The Kier molecular flexibility index (Phi) is 5.14. The molecule has 132 valence electrons. The molecule has 0 unspecified atom stereocenters. The zero-order valence-electron chi connectivity index (χ0n) is 13.7. The van der Waals surface area contributed by atoms with Crippen LogP contribution in [0.25, 0.3) is 0 Å². The highest BCUT2D eigenvalue weighted by molar-refractivity contribution is 5.76. The third kappa shape index (κ3) is 4.24. The average molecular weight is 349 g/mol. The number of amides is 1. The minimum absolute atomic E-state index is 0.141. The largest absolute Gasteiger partial charge is 0.454 e. The first kappa shape index (κ1) is 17.2. The fourth-order valence-electron chi connectivity index (χ4n) is 2.61. The lowest BCUT2D eigenvalue weighted by Gasteiger charge is -2.12. The molecule has 0 radical (unpaired) electrons. The molecule has 1 amide bonds. The number of halogens is 2. The Balaban J connectivity index is 1.48. The average Bonchev–Trinajstić information content (AvgIpc) is 3.05. The van der Waals surface area contributed by atoms with Gasteiger partial charge in [-0.3, -0.25) is 4.79 Å². The first-order valence-corrected chi connectivity index (χ1v) is 7.96. The van der Waals surface area contributed by atoms with E-state index < -0.39 is 11.6 Å². The third-order valence-corrected chi connectivity index (χ3v) is 4.04. The summed E-state index contributed by atoms with van der Waals surface area (Å²) in [6, 6.07) is 8.64. The summed E-state index contributed by atoms with van der Waals surface area (Å²) in [6.07, 6.45) is 0. The molecular weight excluding hydrogens is 330 g/mol. The first-order chi connectivity index (χ1) is 12.0. The Morgan fingerprint density at radius 3 is 2.80 bits per heavy atom. The molecule has 0 saturated heterocycles. The van der Waals surface area contributed by atoms with Gasteiger partial charge in [-0.1, -0.05) is 6.07 Å². The van der Waals surface area contributed by atoms with E-state index in [1.54, 1.807) is 18.3 Å².